The Hall–Kier alpha value is -1.32. The minimum absolute atomic E-state index is 0.153. The Morgan fingerprint density at radius 1 is 1.55 bits per heavy atom. The Morgan fingerprint density at radius 2 is 2.35 bits per heavy atom. The van der Waals surface area contributed by atoms with E-state index >= 15 is 0 Å². The summed E-state index contributed by atoms with van der Waals surface area (Å²) >= 11 is 0. The largest absolute Gasteiger partial charge is 0.481 e. The van der Waals surface area contributed by atoms with Crippen LogP contribution in [0.3, 0.4) is 0 Å². The number of carbonyl (C=O) groups is 1. The van der Waals surface area contributed by atoms with Crippen LogP contribution in [0.1, 0.15) is 51.9 Å². The highest BCUT2D eigenvalue weighted by molar-refractivity contribution is 5.76. The van der Waals surface area contributed by atoms with E-state index in [-0.39, 0.29) is 17.9 Å². The lowest BCUT2D eigenvalue weighted by molar-refractivity contribution is -0.141. The van der Waals surface area contributed by atoms with Gasteiger partial charge < -0.3 is 9.47 Å². The van der Waals surface area contributed by atoms with Gasteiger partial charge in [0.2, 0.25) is 0 Å². The van der Waals surface area contributed by atoms with Crippen LogP contribution in [-0.2, 0) is 14.3 Å². The molecule has 0 saturated carbocycles. The number of allylic oxidation sites excluding steroid dienone is 1. The average molecular weight is 281 g/mol. The molecule has 0 aromatic heterocycles. The van der Waals surface area contributed by atoms with Gasteiger partial charge in [0.15, 0.2) is 5.90 Å². The van der Waals surface area contributed by atoms with Gasteiger partial charge in [0.05, 0.1) is 19.8 Å². The Kier molecular flexibility index (Phi) is 8.00. The molecule has 1 aliphatic rings. The lowest BCUT2D eigenvalue weighted by atomic mass is 9.91. The molecule has 20 heavy (non-hydrogen) atoms. The molecule has 0 aromatic rings. The van der Waals surface area contributed by atoms with Crippen LogP contribution in [0.25, 0.3) is 0 Å². The molecule has 0 N–H and O–H groups in total. The molecule has 2 atom stereocenters. The molecule has 4 nitrogen and oxygen atoms in total. The zero-order valence-electron chi connectivity index (χ0n) is 12.8. The van der Waals surface area contributed by atoms with Gasteiger partial charge in [-0.05, 0) is 38.5 Å². The third kappa shape index (κ3) is 6.22. The number of hydrogen-bond acceptors (Lipinski definition) is 4. The molecule has 0 radical (unpaired) electrons. The summed E-state index contributed by atoms with van der Waals surface area (Å²) < 4.78 is 10.3. The summed E-state index contributed by atoms with van der Waals surface area (Å²) in [5.74, 6) is 0.986. The van der Waals surface area contributed by atoms with Gasteiger partial charge in [0.25, 0.3) is 0 Å². The fourth-order valence-electron chi connectivity index (χ4n) is 2.64. The highest BCUT2D eigenvalue weighted by atomic mass is 16.5. The number of hydrogen-bond donors (Lipinski definition) is 0. The fraction of sp³-hybridized carbons (Fsp3) is 0.750. The second-order valence-corrected chi connectivity index (χ2v) is 5.26. The highest BCUT2D eigenvalue weighted by Gasteiger charge is 2.21. The zero-order chi connectivity index (χ0) is 14.8. The van der Waals surface area contributed by atoms with Gasteiger partial charge in [-0.15, -0.1) is 6.58 Å². The predicted octanol–water partition coefficient (Wildman–Crippen LogP) is 3.51. The number of rotatable bonds is 7. The number of esters is 1. The minimum atomic E-state index is -0.153. The van der Waals surface area contributed by atoms with E-state index in [9.17, 15) is 4.79 Å². The van der Waals surface area contributed by atoms with Crippen LogP contribution in [0.5, 0.6) is 0 Å². The van der Waals surface area contributed by atoms with E-state index in [0.29, 0.717) is 13.0 Å². The van der Waals surface area contributed by atoms with Crippen molar-refractivity contribution in [3.8, 4) is 0 Å². The average Bonchev–Trinajstić information content (AvgIpc) is 2.64. The molecule has 0 saturated heterocycles. The SMILES string of the molecule is C=CCC(CC(=O)OC)CC1CCCCC(OCC)=N1. The van der Waals surface area contributed by atoms with E-state index in [1.54, 1.807) is 0 Å². The van der Waals surface area contributed by atoms with Gasteiger partial charge in [-0.25, -0.2) is 0 Å². The summed E-state index contributed by atoms with van der Waals surface area (Å²) in [6.07, 6.45) is 8.36. The van der Waals surface area contributed by atoms with E-state index in [4.69, 9.17) is 14.5 Å². The maximum Gasteiger partial charge on any atom is 0.305 e. The van der Waals surface area contributed by atoms with Gasteiger partial charge in [0.1, 0.15) is 0 Å². The van der Waals surface area contributed by atoms with Crippen molar-refractivity contribution < 1.29 is 14.3 Å². The summed E-state index contributed by atoms with van der Waals surface area (Å²) in [5.41, 5.74) is 0. The summed E-state index contributed by atoms with van der Waals surface area (Å²) in [7, 11) is 1.43. The molecule has 1 rings (SSSR count). The number of methoxy groups -OCH3 is 1. The predicted molar refractivity (Wildman–Crippen MR) is 80.9 cm³/mol. The van der Waals surface area contributed by atoms with Crippen LogP contribution in [-0.4, -0.2) is 31.6 Å². The third-order valence-corrected chi connectivity index (χ3v) is 3.60. The number of aliphatic imine (C=N–C) groups is 1. The quantitative estimate of drug-likeness (QED) is 0.530. The van der Waals surface area contributed by atoms with E-state index in [1.807, 2.05) is 13.0 Å². The second-order valence-electron chi connectivity index (χ2n) is 5.26. The molecule has 1 aliphatic heterocycles. The molecule has 0 amide bonds. The molecule has 2 unspecified atom stereocenters. The third-order valence-electron chi connectivity index (χ3n) is 3.60. The number of nitrogens with zero attached hydrogens (tertiary/aromatic N) is 1. The van der Waals surface area contributed by atoms with Gasteiger partial charge in [-0.3, -0.25) is 9.79 Å². The Balaban J connectivity index is 2.61. The lowest BCUT2D eigenvalue weighted by Crippen LogP contribution is -2.17. The Morgan fingerprint density at radius 3 is 3.00 bits per heavy atom. The Labute approximate surface area is 122 Å². The minimum Gasteiger partial charge on any atom is -0.481 e. The van der Waals surface area contributed by atoms with Crippen molar-refractivity contribution in [3.05, 3.63) is 12.7 Å². The van der Waals surface area contributed by atoms with Crippen molar-refractivity contribution in [2.75, 3.05) is 13.7 Å². The standard InChI is InChI=1S/C16H27NO3/c1-4-8-13(12-16(18)19-3)11-14-9-6-7-10-15(17-14)20-5-2/h4,13-14H,1,5-12H2,2-3H3. The van der Waals surface area contributed by atoms with Gasteiger partial charge in [-0.2, -0.15) is 0 Å². The topological polar surface area (TPSA) is 47.9 Å². The van der Waals surface area contributed by atoms with Gasteiger partial charge in [0, 0.05) is 12.8 Å². The molecule has 1 heterocycles. The lowest BCUT2D eigenvalue weighted by Gasteiger charge is -2.19. The van der Waals surface area contributed by atoms with Crippen LogP contribution in [0, 0.1) is 5.92 Å². The van der Waals surface area contributed by atoms with Crippen molar-refractivity contribution >= 4 is 11.9 Å². The molecule has 0 aliphatic carbocycles. The molecular formula is C16H27NO3. The van der Waals surface area contributed by atoms with Gasteiger partial charge >= 0.3 is 5.97 Å². The first kappa shape index (κ1) is 16.7. The second kappa shape index (κ2) is 9.56. The molecule has 0 aromatic carbocycles. The summed E-state index contributed by atoms with van der Waals surface area (Å²) in [6.45, 7) is 6.43. The first-order valence-corrected chi connectivity index (χ1v) is 7.56. The number of ether oxygens (including phenoxy) is 2. The van der Waals surface area contributed by atoms with E-state index in [2.05, 4.69) is 6.58 Å². The van der Waals surface area contributed by atoms with Crippen LogP contribution >= 0.6 is 0 Å². The van der Waals surface area contributed by atoms with Crippen LogP contribution in [0.15, 0.2) is 17.6 Å². The normalized spacial score (nSPS) is 20.5. The molecule has 114 valence electrons. The Bertz CT molecular complexity index is 339. The van der Waals surface area contributed by atoms with Crippen molar-refractivity contribution in [2.45, 2.75) is 57.9 Å². The number of carbonyl (C=O) groups excluding carboxylic acids is 1. The summed E-state index contributed by atoms with van der Waals surface area (Å²) in [5, 5.41) is 0. The van der Waals surface area contributed by atoms with E-state index in [1.165, 1.54) is 13.5 Å². The van der Waals surface area contributed by atoms with Crippen LogP contribution in [0.2, 0.25) is 0 Å². The van der Waals surface area contributed by atoms with Crippen LogP contribution in [0.4, 0.5) is 0 Å². The fourth-order valence-corrected chi connectivity index (χ4v) is 2.64. The summed E-state index contributed by atoms with van der Waals surface area (Å²) in [4.78, 5) is 16.2. The van der Waals surface area contributed by atoms with Gasteiger partial charge in [-0.1, -0.05) is 12.5 Å². The molecular weight excluding hydrogens is 254 g/mol. The van der Waals surface area contributed by atoms with Crippen molar-refractivity contribution in [2.24, 2.45) is 10.9 Å². The smallest absolute Gasteiger partial charge is 0.305 e. The molecule has 0 bridgehead atoms. The van der Waals surface area contributed by atoms with E-state index in [0.717, 1.165) is 38.0 Å². The highest BCUT2D eigenvalue weighted by Crippen LogP contribution is 2.24. The van der Waals surface area contributed by atoms with Crippen molar-refractivity contribution in [3.63, 3.8) is 0 Å². The molecule has 0 fully saturated rings. The maximum absolute atomic E-state index is 11.5. The van der Waals surface area contributed by atoms with Crippen molar-refractivity contribution in [1.82, 2.24) is 0 Å². The zero-order valence-corrected chi connectivity index (χ0v) is 12.8. The van der Waals surface area contributed by atoms with Crippen molar-refractivity contribution in [1.29, 1.82) is 0 Å². The van der Waals surface area contributed by atoms with Crippen LogP contribution < -0.4 is 0 Å². The van der Waals surface area contributed by atoms with E-state index < -0.39 is 0 Å². The molecule has 0 spiro atoms. The monoisotopic (exact) mass is 281 g/mol. The first-order valence-electron chi connectivity index (χ1n) is 7.56. The summed E-state index contributed by atoms with van der Waals surface area (Å²) in [6, 6.07) is 0.258. The first-order chi connectivity index (χ1) is 9.69. The molecule has 4 heteroatoms. The maximum atomic E-state index is 11.5.